The molecule has 0 bridgehead atoms. The highest BCUT2D eigenvalue weighted by Crippen LogP contribution is 2.17. The minimum absolute atomic E-state index is 0.157. The maximum absolute atomic E-state index is 12.8. The number of carbonyl (C=O) groups is 3. The number of nitrogens with zero attached hydrogens (tertiary/aromatic N) is 1. The number of benzene rings is 1. The summed E-state index contributed by atoms with van der Waals surface area (Å²) in [5.74, 6) is -0.561. The third-order valence-electron chi connectivity index (χ3n) is 4.43. The molecule has 1 saturated heterocycles. The lowest BCUT2D eigenvalue weighted by molar-refractivity contribution is -0.154. The van der Waals surface area contributed by atoms with Gasteiger partial charge in [-0.25, -0.2) is 0 Å². The number of amides is 2. The molecule has 2 amide bonds. The largest absolute Gasteiger partial charge is 0.481 e. The summed E-state index contributed by atoms with van der Waals surface area (Å²) in [5.41, 5.74) is 1.18. The van der Waals surface area contributed by atoms with Gasteiger partial charge < -0.3 is 19.7 Å². The quantitative estimate of drug-likeness (QED) is 0.698. The van der Waals surface area contributed by atoms with Crippen LogP contribution in [0.5, 0.6) is 5.75 Å². The number of nitrogens with one attached hydrogen (secondary N) is 1. The number of hydrogen-bond acceptors (Lipinski definition) is 5. The first-order valence-electron chi connectivity index (χ1n) is 9.45. The van der Waals surface area contributed by atoms with Crippen molar-refractivity contribution in [3.8, 4) is 5.75 Å². The molecule has 7 heteroatoms. The van der Waals surface area contributed by atoms with Gasteiger partial charge in [-0.15, -0.1) is 0 Å². The molecule has 27 heavy (non-hydrogen) atoms. The third kappa shape index (κ3) is 5.70. The molecule has 0 aromatic heterocycles. The zero-order chi connectivity index (χ0) is 19.8. The van der Waals surface area contributed by atoms with Crippen molar-refractivity contribution < 1.29 is 23.9 Å². The van der Waals surface area contributed by atoms with Crippen molar-refractivity contribution in [2.45, 2.75) is 52.2 Å². The Morgan fingerprint density at radius 1 is 1.26 bits per heavy atom. The third-order valence-corrected chi connectivity index (χ3v) is 4.43. The summed E-state index contributed by atoms with van der Waals surface area (Å²) < 4.78 is 10.8. The monoisotopic (exact) mass is 376 g/mol. The second-order valence-electron chi connectivity index (χ2n) is 6.52. The van der Waals surface area contributed by atoms with Gasteiger partial charge in [0, 0.05) is 13.1 Å². The van der Waals surface area contributed by atoms with Gasteiger partial charge in [-0.3, -0.25) is 14.4 Å². The predicted molar refractivity (Wildman–Crippen MR) is 100 cm³/mol. The van der Waals surface area contributed by atoms with E-state index in [1.165, 1.54) is 10.5 Å². The molecule has 1 aromatic carbocycles. The highest BCUT2D eigenvalue weighted by atomic mass is 16.5. The molecule has 1 aliphatic heterocycles. The summed E-state index contributed by atoms with van der Waals surface area (Å²) in [4.78, 5) is 38.4. The van der Waals surface area contributed by atoms with E-state index in [9.17, 15) is 14.4 Å². The number of aryl methyl sites for hydroxylation is 1. The highest BCUT2D eigenvalue weighted by molar-refractivity contribution is 5.93. The minimum Gasteiger partial charge on any atom is -0.481 e. The van der Waals surface area contributed by atoms with Crippen LogP contribution in [-0.2, 0) is 25.5 Å². The fourth-order valence-corrected chi connectivity index (χ4v) is 2.91. The van der Waals surface area contributed by atoms with Gasteiger partial charge in [0.25, 0.3) is 5.91 Å². The maximum Gasteiger partial charge on any atom is 0.308 e. The first kappa shape index (κ1) is 20.7. The average molecular weight is 376 g/mol. The Labute approximate surface area is 160 Å². The lowest BCUT2D eigenvalue weighted by atomic mass is 10.1. The van der Waals surface area contributed by atoms with E-state index in [1.807, 2.05) is 31.2 Å². The van der Waals surface area contributed by atoms with Crippen LogP contribution in [0.15, 0.2) is 24.3 Å². The summed E-state index contributed by atoms with van der Waals surface area (Å²) in [5, 5.41) is 2.70. The minimum atomic E-state index is -0.871. The van der Waals surface area contributed by atoms with Crippen LogP contribution in [0.3, 0.4) is 0 Å². The van der Waals surface area contributed by atoms with Crippen LogP contribution in [0.4, 0.5) is 0 Å². The van der Waals surface area contributed by atoms with Crippen LogP contribution in [-0.4, -0.2) is 54.5 Å². The van der Waals surface area contributed by atoms with E-state index in [4.69, 9.17) is 9.47 Å². The highest BCUT2D eigenvalue weighted by Gasteiger charge is 2.37. The number of piperazine rings is 1. The first-order valence-corrected chi connectivity index (χ1v) is 9.45. The SMILES string of the molecule is CCCOC(=O)C[C@H]1C(=O)NCCN1C(=O)[C@@H](C)Oc1ccc(CC)cc1. The Morgan fingerprint density at radius 2 is 1.96 bits per heavy atom. The van der Waals surface area contributed by atoms with Crippen molar-refractivity contribution in [1.29, 1.82) is 0 Å². The molecular weight excluding hydrogens is 348 g/mol. The van der Waals surface area contributed by atoms with Gasteiger partial charge in [0.15, 0.2) is 6.10 Å². The Balaban J connectivity index is 2.03. The Hall–Kier alpha value is -2.57. The van der Waals surface area contributed by atoms with Gasteiger partial charge in [0.1, 0.15) is 11.8 Å². The van der Waals surface area contributed by atoms with Gasteiger partial charge in [0.05, 0.1) is 13.0 Å². The van der Waals surface area contributed by atoms with Crippen molar-refractivity contribution in [2.75, 3.05) is 19.7 Å². The molecule has 1 aliphatic rings. The Kier molecular flexibility index (Phi) is 7.64. The van der Waals surface area contributed by atoms with Crippen LogP contribution in [0.2, 0.25) is 0 Å². The lowest BCUT2D eigenvalue weighted by Gasteiger charge is -2.36. The predicted octanol–water partition coefficient (Wildman–Crippen LogP) is 1.69. The van der Waals surface area contributed by atoms with E-state index >= 15 is 0 Å². The molecule has 148 valence electrons. The molecule has 2 rings (SSSR count). The Bertz CT molecular complexity index is 659. The van der Waals surface area contributed by atoms with E-state index in [-0.39, 0.29) is 18.2 Å². The topological polar surface area (TPSA) is 84.9 Å². The van der Waals surface area contributed by atoms with Crippen LogP contribution in [0, 0.1) is 0 Å². The van der Waals surface area contributed by atoms with Crippen LogP contribution in [0.1, 0.15) is 39.2 Å². The molecule has 1 N–H and O–H groups in total. The molecular formula is C20H28N2O5. The normalized spacial score (nSPS) is 17.8. The summed E-state index contributed by atoms with van der Waals surface area (Å²) in [6.07, 6.45) is 0.702. The smallest absolute Gasteiger partial charge is 0.308 e. The van der Waals surface area contributed by atoms with E-state index in [0.717, 1.165) is 6.42 Å². The molecule has 1 fully saturated rings. The molecule has 1 aromatic rings. The molecule has 1 heterocycles. The lowest BCUT2D eigenvalue weighted by Crippen LogP contribution is -2.60. The van der Waals surface area contributed by atoms with Crippen molar-refractivity contribution in [2.24, 2.45) is 0 Å². The van der Waals surface area contributed by atoms with E-state index < -0.39 is 18.1 Å². The van der Waals surface area contributed by atoms with Gasteiger partial charge in [-0.1, -0.05) is 26.0 Å². The molecule has 2 atom stereocenters. The molecule has 0 radical (unpaired) electrons. The van der Waals surface area contributed by atoms with E-state index in [2.05, 4.69) is 12.2 Å². The zero-order valence-corrected chi connectivity index (χ0v) is 16.2. The average Bonchev–Trinajstić information content (AvgIpc) is 2.68. The van der Waals surface area contributed by atoms with Crippen LogP contribution < -0.4 is 10.1 Å². The molecule has 0 spiro atoms. The summed E-state index contributed by atoms with van der Waals surface area (Å²) >= 11 is 0. The second-order valence-corrected chi connectivity index (χ2v) is 6.52. The summed E-state index contributed by atoms with van der Waals surface area (Å²) in [6.45, 7) is 6.59. The summed E-state index contributed by atoms with van der Waals surface area (Å²) in [6, 6.07) is 6.68. The molecule has 7 nitrogen and oxygen atoms in total. The zero-order valence-electron chi connectivity index (χ0n) is 16.2. The fraction of sp³-hybridized carbons (Fsp3) is 0.550. The number of esters is 1. The fourth-order valence-electron chi connectivity index (χ4n) is 2.91. The van der Waals surface area contributed by atoms with E-state index in [0.29, 0.717) is 31.9 Å². The number of rotatable bonds is 8. The van der Waals surface area contributed by atoms with Crippen molar-refractivity contribution in [1.82, 2.24) is 10.2 Å². The van der Waals surface area contributed by atoms with Gasteiger partial charge in [-0.2, -0.15) is 0 Å². The summed E-state index contributed by atoms with van der Waals surface area (Å²) in [7, 11) is 0. The number of ether oxygens (including phenoxy) is 2. The number of carbonyl (C=O) groups excluding carboxylic acids is 3. The van der Waals surface area contributed by atoms with Crippen molar-refractivity contribution in [3.63, 3.8) is 0 Å². The number of hydrogen-bond donors (Lipinski definition) is 1. The van der Waals surface area contributed by atoms with Crippen LogP contribution in [0.25, 0.3) is 0 Å². The molecule has 0 aliphatic carbocycles. The first-order chi connectivity index (χ1) is 13.0. The van der Waals surface area contributed by atoms with Gasteiger partial charge in [0.2, 0.25) is 5.91 Å². The van der Waals surface area contributed by atoms with Gasteiger partial charge in [-0.05, 0) is 37.5 Å². The standard InChI is InChI=1S/C20H28N2O5/c1-4-12-26-18(23)13-17-19(24)21-10-11-22(17)20(25)14(3)27-16-8-6-15(5-2)7-9-16/h6-9,14,17H,4-5,10-13H2,1-3H3,(H,21,24)/t14-,17+/m1/s1. The van der Waals surface area contributed by atoms with Crippen molar-refractivity contribution >= 4 is 17.8 Å². The van der Waals surface area contributed by atoms with Crippen molar-refractivity contribution in [3.05, 3.63) is 29.8 Å². The second kappa shape index (κ2) is 9.94. The van der Waals surface area contributed by atoms with Gasteiger partial charge >= 0.3 is 5.97 Å². The molecule has 0 unspecified atom stereocenters. The Morgan fingerprint density at radius 3 is 2.59 bits per heavy atom. The van der Waals surface area contributed by atoms with Crippen LogP contribution >= 0.6 is 0 Å². The van der Waals surface area contributed by atoms with E-state index in [1.54, 1.807) is 6.92 Å². The maximum atomic E-state index is 12.8. The molecule has 0 saturated carbocycles.